The van der Waals surface area contributed by atoms with Crippen molar-refractivity contribution < 1.29 is 0 Å². The van der Waals surface area contributed by atoms with E-state index < -0.39 is 0 Å². The Balaban J connectivity index is 2.36. The van der Waals surface area contributed by atoms with Crippen LogP contribution in [0.4, 0.5) is 0 Å². The van der Waals surface area contributed by atoms with E-state index >= 15 is 0 Å². The maximum atomic E-state index is 12.9. The molecule has 0 N–H and O–H groups in total. The Morgan fingerprint density at radius 1 is 1.04 bits per heavy atom. The fourth-order valence-electron chi connectivity index (χ4n) is 3.05. The number of imidazole rings is 1. The third-order valence-electron chi connectivity index (χ3n) is 4.91. The molecule has 3 heterocycles. The van der Waals surface area contributed by atoms with Crippen molar-refractivity contribution in [1.82, 2.24) is 28.5 Å². The topological polar surface area (TPSA) is 79.6 Å². The monoisotopic (exact) mass is 344 g/mol. The Labute approximate surface area is 145 Å². The molecule has 0 aliphatic carbocycles. The van der Waals surface area contributed by atoms with Crippen LogP contribution in [0.2, 0.25) is 0 Å². The van der Waals surface area contributed by atoms with Crippen LogP contribution in [0.15, 0.2) is 9.59 Å². The van der Waals surface area contributed by atoms with Gasteiger partial charge < -0.3 is 4.57 Å². The summed E-state index contributed by atoms with van der Waals surface area (Å²) in [4.78, 5) is 30.0. The number of nitrogens with zero attached hydrogens (tertiary/aromatic N) is 6. The van der Waals surface area contributed by atoms with Crippen LogP contribution in [0, 0.1) is 20.8 Å². The number of aromatic nitrogens is 6. The lowest BCUT2D eigenvalue weighted by molar-refractivity contribution is 0.565. The highest BCUT2D eigenvalue weighted by molar-refractivity contribution is 5.72. The fourth-order valence-corrected chi connectivity index (χ4v) is 3.05. The molecule has 0 spiro atoms. The Kier molecular flexibility index (Phi) is 4.14. The van der Waals surface area contributed by atoms with Crippen molar-refractivity contribution in [3.8, 4) is 5.95 Å². The van der Waals surface area contributed by atoms with Crippen LogP contribution in [-0.2, 0) is 20.6 Å². The SMILES string of the molecule is CCCCn1c(=O)c2c(nc(-n3nc(C)c(C)c3C)n2C)n(C)c1=O. The Hall–Kier alpha value is -2.64. The predicted octanol–water partition coefficient (Wildman–Crippen LogP) is 1.34. The molecular weight excluding hydrogens is 320 g/mol. The van der Waals surface area contributed by atoms with Gasteiger partial charge in [-0.2, -0.15) is 10.1 Å². The van der Waals surface area contributed by atoms with Crippen molar-refractivity contribution in [2.24, 2.45) is 14.1 Å². The summed E-state index contributed by atoms with van der Waals surface area (Å²) in [6, 6.07) is 0. The highest BCUT2D eigenvalue weighted by Gasteiger charge is 2.21. The standard InChI is InChI=1S/C17H24N6O2/c1-7-8-9-22-15(24)13-14(21(6)17(22)25)18-16(20(13)5)23-12(4)10(2)11(3)19-23/h7-9H2,1-6H3. The van der Waals surface area contributed by atoms with E-state index in [1.54, 1.807) is 23.3 Å². The first kappa shape index (κ1) is 17.2. The zero-order valence-electron chi connectivity index (χ0n) is 15.6. The van der Waals surface area contributed by atoms with Crippen LogP contribution in [-0.4, -0.2) is 28.5 Å². The minimum Gasteiger partial charge on any atom is -0.306 e. The van der Waals surface area contributed by atoms with Crippen LogP contribution >= 0.6 is 0 Å². The number of fused-ring (bicyclic) bond motifs is 1. The number of rotatable bonds is 4. The fraction of sp³-hybridized carbons (Fsp3) is 0.529. The van der Waals surface area contributed by atoms with E-state index in [9.17, 15) is 9.59 Å². The van der Waals surface area contributed by atoms with Gasteiger partial charge in [-0.1, -0.05) is 13.3 Å². The Morgan fingerprint density at radius 3 is 2.28 bits per heavy atom. The second-order valence-electron chi connectivity index (χ2n) is 6.50. The molecule has 134 valence electrons. The minimum absolute atomic E-state index is 0.300. The molecule has 0 bridgehead atoms. The minimum atomic E-state index is -0.333. The van der Waals surface area contributed by atoms with Crippen molar-refractivity contribution in [2.75, 3.05) is 0 Å². The molecule has 0 unspecified atom stereocenters. The maximum absolute atomic E-state index is 12.9. The molecule has 3 rings (SSSR count). The molecule has 0 fully saturated rings. The Morgan fingerprint density at radius 2 is 1.72 bits per heavy atom. The van der Waals surface area contributed by atoms with Crippen molar-refractivity contribution in [1.29, 1.82) is 0 Å². The molecule has 0 aliphatic heterocycles. The van der Waals surface area contributed by atoms with E-state index in [4.69, 9.17) is 0 Å². The molecule has 0 aliphatic rings. The van der Waals surface area contributed by atoms with Gasteiger partial charge in [0.25, 0.3) is 5.56 Å². The third kappa shape index (κ3) is 2.43. The molecule has 8 nitrogen and oxygen atoms in total. The van der Waals surface area contributed by atoms with Crippen molar-refractivity contribution >= 4 is 11.2 Å². The predicted molar refractivity (Wildman–Crippen MR) is 96.5 cm³/mol. The highest BCUT2D eigenvalue weighted by atomic mass is 16.2. The maximum Gasteiger partial charge on any atom is 0.332 e. The average molecular weight is 344 g/mol. The average Bonchev–Trinajstić information content (AvgIpc) is 3.05. The first-order valence-corrected chi connectivity index (χ1v) is 8.49. The second kappa shape index (κ2) is 6.02. The molecule has 0 atom stereocenters. The van der Waals surface area contributed by atoms with Gasteiger partial charge in [0.1, 0.15) is 0 Å². The number of aryl methyl sites for hydroxylation is 3. The first-order chi connectivity index (χ1) is 11.8. The molecule has 0 saturated heterocycles. The molecule has 3 aromatic rings. The largest absolute Gasteiger partial charge is 0.332 e. The van der Waals surface area contributed by atoms with Gasteiger partial charge in [-0.25, -0.2) is 9.48 Å². The summed E-state index contributed by atoms with van der Waals surface area (Å²) < 4.78 is 6.18. The smallest absolute Gasteiger partial charge is 0.306 e. The quantitative estimate of drug-likeness (QED) is 0.715. The summed E-state index contributed by atoms with van der Waals surface area (Å²) in [5.41, 5.74) is 3.13. The van der Waals surface area contributed by atoms with E-state index in [0.29, 0.717) is 23.7 Å². The lowest BCUT2D eigenvalue weighted by Gasteiger charge is -2.08. The van der Waals surface area contributed by atoms with Gasteiger partial charge in [0, 0.05) is 26.3 Å². The van der Waals surface area contributed by atoms with Gasteiger partial charge in [0.05, 0.1) is 5.69 Å². The molecule has 3 aromatic heterocycles. The third-order valence-corrected chi connectivity index (χ3v) is 4.91. The van der Waals surface area contributed by atoms with Crippen LogP contribution in [0.25, 0.3) is 17.1 Å². The normalized spacial score (nSPS) is 11.6. The Bertz CT molecular complexity index is 1080. The van der Waals surface area contributed by atoms with Crippen molar-refractivity contribution in [3.63, 3.8) is 0 Å². The molecule has 0 radical (unpaired) electrons. The zero-order valence-corrected chi connectivity index (χ0v) is 15.6. The van der Waals surface area contributed by atoms with Gasteiger partial charge >= 0.3 is 5.69 Å². The van der Waals surface area contributed by atoms with E-state index in [1.165, 1.54) is 9.13 Å². The van der Waals surface area contributed by atoms with E-state index in [0.717, 1.165) is 29.8 Å². The zero-order chi connectivity index (χ0) is 18.5. The van der Waals surface area contributed by atoms with Gasteiger partial charge in [-0.05, 0) is 32.8 Å². The molecule has 0 saturated carbocycles. The first-order valence-electron chi connectivity index (χ1n) is 8.49. The summed E-state index contributed by atoms with van der Waals surface area (Å²) in [5, 5.41) is 4.53. The molecule has 25 heavy (non-hydrogen) atoms. The lowest BCUT2D eigenvalue weighted by Crippen LogP contribution is -2.39. The molecule has 0 aromatic carbocycles. The second-order valence-corrected chi connectivity index (χ2v) is 6.50. The number of hydrogen-bond donors (Lipinski definition) is 0. The summed E-state index contributed by atoms with van der Waals surface area (Å²) in [6.45, 7) is 8.35. The van der Waals surface area contributed by atoms with Gasteiger partial charge in [0.2, 0.25) is 5.95 Å². The number of unbranched alkanes of at least 4 members (excludes halogenated alkanes) is 1. The summed E-state index contributed by atoms with van der Waals surface area (Å²) >= 11 is 0. The van der Waals surface area contributed by atoms with Gasteiger partial charge in [0.15, 0.2) is 11.2 Å². The van der Waals surface area contributed by atoms with Crippen molar-refractivity contribution in [3.05, 3.63) is 37.8 Å². The summed E-state index contributed by atoms with van der Waals surface area (Å²) in [5.74, 6) is 0.532. The summed E-state index contributed by atoms with van der Waals surface area (Å²) in [7, 11) is 3.43. The molecular formula is C17H24N6O2. The van der Waals surface area contributed by atoms with E-state index in [1.807, 2.05) is 27.7 Å². The lowest BCUT2D eigenvalue weighted by atomic mass is 10.2. The van der Waals surface area contributed by atoms with Crippen LogP contribution in [0.3, 0.4) is 0 Å². The van der Waals surface area contributed by atoms with Gasteiger partial charge in [-0.15, -0.1) is 0 Å². The van der Waals surface area contributed by atoms with Crippen LogP contribution in [0.1, 0.15) is 36.7 Å². The molecule has 8 heteroatoms. The van der Waals surface area contributed by atoms with E-state index in [2.05, 4.69) is 10.1 Å². The highest BCUT2D eigenvalue weighted by Crippen LogP contribution is 2.18. The number of hydrogen-bond acceptors (Lipinski definition) is 4. The molecule has 0 amide bonds. The van der Waals surface area contributed by atoms with E-state index in [-0.39, 0.29) is 11.2 Å². The van der Waals surface area contributed by atoms with Crippen LogP contribution in [0.5, 0.6) is 0 Å². The van der Waals surface area contributed by atoms with Crippen LogP contribution < -0.4 is 11.2 Å². The summed E-state index contributed by atoms with van der Waals surface area (Å²) in [6.07, 6.45) is 1.69. The van der Waals surface area contributed by atoms with Crippen molar-refractivity contribution in [2.45, 2.75) is 47.1 Å². The van der Waals surface area contributed by atoms with Gasteiger partial charge in [-0.3, -0.25) is 13.9 Å².